The maximum Gasteiger partial charge on any atom is 0.200 e. The lowest BCUT2D eigenvalue weighted by Crippen LogP contribution is -1.90. The quantitative estimate of drug-likeness (QED) is 0.549. The second-order valence-electron chi connectivity index (χ2n) is 2.25. The van der Waals surface area contributed by atoms with E-state index in [0.29, 0.717) is 5.65 Å². The van der Waals surface area contributed by atoms with E-state index in [1.807, 2.05) is 6.92 Å². The molecule has 0 aliphatic heterocycles. The molecule has 0 bridgehead atoms. The van der Waals surface area contributed by atoms with Crippen LogP contribution in [0.5, 0.6) is 0 Å². The highest BCUT2D eigenvalue weighted by molar-refractivity contribution is 5.67. The van der Waals surface area contributed by atoms with Gasteiger partial charge in [0.1, 0.15) is 5.52 Å². The van der Waals surface area contributed by atoms with Crippen LogP contribution in [0.3, 0.4) is 0 Å². The number of aromatic nitrogens is 4. The zero-order chi connectivity index (χ0) is 7.68. The normalized spacial score (nSPS) is 10.3. The zero-order valence-corrected chi connectivity index (χ0v) is 6.02. The lowest BCUT2D eigenvalue weighted by molar-refractivity contribution is 1.02. The fraction of sp³-hybridized carbons (Fsp3) is 0.143. The van der Waals surface area contributed by atoms with E-state index in [9.17, 15) is 0 Å². The first kappa shape index (κ1) is 6.15. The third-order valence-electron chi connectivity index (χ3n) is 1.35. The molecule has 0 aliphatic carbocycles. The van der Waals surface area contributed by atoms with Crippen molar-refractivity contribution in [3.63, 3.8) is 0 Å². The van der Waals surface area contributed by atoms with E-state index in [2.05, 4.69) is 20.2 Å². The summed E-state index contributed by atoms with van der Waals surface area (Å²) in [6, 6.07) is 1.79. The zero-order valence-electron chi connectivity index (χ0n) is 6.02. The van der Waals surface area contributed by atoms with Crippen molar-refractivity contribution in [3.05, 3.63) is 24.2 Å². The van der Waals surface area contributed by atoms with Crippen LogP contribution in [0.1, 0.15) is 5.69 Å². The molecular formula is C7H6N4. The first-order chi connectivity index (χ1) is 5.36. The van der Waals surface area contributed by atoms with Crippen molar-refractivity contribution in [2.45, 2.75) is 6.92 Å². The van der Waals surface area contributed by atoms with E-state index in [0.717, 1.165) is 11.2 Å². The average molecular weight is 146 g/mol. The Labute approximate surface area is 63.3 Å². The third kappa shape index (κ3) is 1.02. The van der Waals surface area contributed by atoms with Crippen molar-refractivity contribution in [2.75, 3.05) is 0 Å². The Bertz CT molecular complexity index is 385. The van der Waals surface area contributed by atoms with Gasteiger partial charge in [-0.2, -0.15) is 5.10 Å². The minimum absolute atomic E-state index is 0.604. The molecule has 0 unspecified atom stereocenters. The Hall–Kier alpha value is -1.58. The molecule has 2 aromatic rings. The number of hydrogen-bond donors (Lipinski definition) is 0. The van der Waals surface area contributed by atoms with E-state index < -0.39 is 0 Å². The highest BCUT2D eigenvalue weighted by Crippen LogP contribution is 2.02. The van der Waals surface area contributed by atoms with Crippen molar-refractivity contribution in [1.29, 1.82) is 0 Å². The number of hydrogen-bond acceptors (Lipinski definition) is 4. The Morgan fingerprint density at radius 2 is 2.27 bits per heavy atom. The minimum atomic E-state index is 0.604. The monoisotopic (exact) mass is 146 g/mol. The van der Waals surface area contributed by atoms with Crippen molar-refractivity contribution < 1.29 is 0 Å². The van der Waals surface area contributed by atoms with Gasteiger partial charge >= 0.3 is 0 Å². The molecule has 0 N–H and O–H groups in total. The molecule has 0 aliphatic rings. The summed E-state index contributed by atoms with van der Waals surface area (Å²) >= 11 is 0. The Balaban J connectivity index is 2.83. The lowest BCUT2D eigenvalue weighted by atomic mass is 10.4. The predicted octanol–water partition coefficient (Wildman–Crippen LogP) is 0.728. The second-order valence-corrected chi connectivity index (χ2v) is 2.25. The predicted molar refractivity (Wildman–Crippen MR) is 39.9 cm³/mol. The van der Waals surface area contributed by atoms with Crippen molar-refractivity contribution in [3.8, 4) is 0 Å². The molecule has 2 heterocycles. The summed E-state index contributed by atoms with van der Waals surface area (Å²) in [7, 11) is 0. The van der Waals surface area contributed by atoms with E-state index in [4.69, 9.17) is 0 Å². The van der Waals surface area contributed by atoms with E-state index in [1.54, 1.807) is 18.5 Å². The molecule has 0 aromatic carbocycles. The van der Waals surface area contributed by atoms with E-state index in [-0.39, 0.29) is 0 Å². The van der Waals surface area contributed by atoms with Gasteiger partial charge in [0.25, 0.3) is 0 Å². The van der Waals surface area contributed by atoms with Crippen LogP contribution in [0.2, 0.25) is 0 Å². The maximum absolute atomic E-state index is 4.14. The molecular weight excluding hydrogens is 140 g/mol. The summed E-state index contributed by atoms with van der Waals surface area (Å²) < 4.78 is 0. The van der Waals surface area contributed by atoms with Gasteiger partial charge < -0.3 is 0 Å². The Morgan fingerprint density at radius 3 is 3.18 bits per heavy atom. The van der Waals surface area contributed by atoms with Crippen LogP contribution >= 0.6 is 0 Å². The van der Waals surface area contributed by atoms with Gasteiger partial charge in [-0.3, -0.25) is 4.98 Å². The van der Waals surface area contributed by atoms with Gasteiger partial charge in [-0.1, -0.05) is 0 Å². The first-order valence-corrected chi connectivity index (χ1v) is 3.27. The molecule has 0 amide bonds. The van der Waals surface area contributed by atoms with Gasteiger partial charge in [-0.05, 0) is 13.0 Å². The van der Waals surface area contributed by atoms with Crippen molar-refractivity contribution in [1.82, 2.24) is 20.2 Å². The topological polar surface area (TPSA) is 51.6 Å². The second kappa shape index (κ2) is 2.23. The van der Waals surface area contributed by atoms with E-state index in [1.165, 1.54) is 0 Å². The van der Waals surface area contributed by atoms with Gasteiger partial charge in [0.15, 0.2) is 0 Å². The van der Waals surface area contributed by atoms with E-state index >= 15 is 0 Å². The highest BCUT2D eigenvalue weighted by atomic mass is 15.1. The molecule has 4 nitrogen and oxygen atoms in total. The molecule has 11 heavy (non-hydrogen) atoms. The molecule has 0 saturated heterocycles. The first-order valence-electron chi connectivity index (χ1n) is 3.27. The molecule has 2 rings (SSSR count). The van der Waals surface area contributed by atoms with Crippen LogP contribution in [0, 0.1) is 6.92 Å². The highest BCUT2D eigenvalue weighted by Gasteiger charge is 1.95. The van der Waals surface area contributed by atoms with Crippen LogP contribution in [-0.4, -0.2) is 20.2 Å². The summed E-state index contributed by atoms with van der Waals surface area (Å²) in [5.41, 5.74) is 2.25. The van der Waals surface area contributed by atoms with Gasteiger partial charge in [-0.25, -0.2) is 4.98 Å². The summed E-state index contributed by atoms with van der Waals surface area (Å²) in [5.74, 6) is 0. The molecule has 4 heteroatoms. The minimum Gasteiger partial charge on any atom is -0.251 e. The molecule has 0 spiro atoms. The van der Waals surface area contributed by atoms with Crippen LogP contribution in [-0.2, 0) is 0 Å². The summed E-state index contributed by atoms with van der Waals surface area (Å²) in [6.07, 6.45) is 3.32. The molecule has 0 atom stereocenters. The summed E-state index contributed by atoms with van der Waals surface area (Å²) in [6.45, 7) is 1.88. The molecule has 0 saturated carbocycles. The Kier molecular flexibility index (Phi) is 1.25. The standard InChI is InChI=1S/C7H6N4/c1-5-4-8-6-2-3-9-11-7(6)10-5/h2-4H,1H3. The average Bonchev–Trinajstić information content (AvgIpc) is 2.04. The summed E-state index contributed by atoms with van der Waals surface area (Å²) in [5, 5.41) is 7.52. The summed E-state index contributed by atoms with van der Waals surface area (Å²) in [4.78, 5) is 8.26. The number of aryl methyl sites for hydroxylation is 1. The van der Waals surface area contributed by atoms with Crippen molar-refractivity contribution in [2.24, 2.45) is 0 Å². The molecule has 0 radical (unpaired) electrons. The third-order valence-corrected chi connectivity index (χ3v) is 1.35. The van der Waals surface area contributed by atoms with Gasteiger partial charge in [0, 0.05) is 6.20 Å². The lowest BCUT2D eigenvalue weighted by Gasteiger charge is -1.93. The number of nitrogens with zero attached hydrogens (tertiary/aromatic N) is 4. The van der Waals surface area contributed by atoms with Crippen LogP contribution in [0.4, 0.5) is 0 Å². The van der Waals surface area contributed by atoms with Crippen LogP contribution in [0.25, 0.3) is 11.2 Å². The molecule has 54 valence electrons. The maximum atomic E-state index is 4.14. The largest absolute Gasteiger partial charge is 0.251 e. The molecule has 0 fully saturated rings. The van der Waals surface area contributed by atoms with Gasteiger partial charge in [-0.15, -0.1) is 5.10 Å². The van der Waals surface area contributed by atoms with Crippen molar-refractivity contribution >= 4 is 11.2 Å². The van der Waals surface area contributed by atoms with Crippen LogP contribution in [0.15, 0.2) is 18.5 Å². The smallest absolute Gasteiger partial charge is 0.200 e. The number of rotatable bonds is 0. The molecule has 2 aromatic heterocycles. The van der Waals surface area contributed by atoms with Crippen LogP contribution < -0.4 is 0 Å². The Morgan fingerprint density at radius 1 is 1.36 bits per heavy atom. The van der Waals surface area contributed by atoms with Gasteiger partial charge in [0.2, 0.25) is 5.65 Å². The number of fused-ring (bicyclic) bond motifs is 1. The fourth-order valence-electron chi connectivity index (χ4n) is 0.857. The fourth-order valence-corrected chi connectivity index (χ4v) is 0.857. The van der Waals surface area contributed by atoms with Gasteiger partial charge in [0.05, 0.1) is 11.9 Å². The SMILES string of the molecule is Cc1cnc2ccnnc2n1.